The highest BCUT2D eigenvalue weighted by Gasteiger charge is 2.25. The molecular formula is C20H27N3O3. The van der Waals surface area contributed by atoms with Gasteiger partial charge in [0.05, 0.1) is 18.7 Å². The number of ether oxygens (including phenoxy) is 1. The number of nitrogens with zero attached hydrogens (tertiary/aromatic N) is 2. The van der Waals surface area contributed by atoms with E-state index in [1.54, 1.807) is 7.11 Å². The number of oxazole rings is 1. The second kappa shape index (κ2) is 7.50. The fraction of sp³-hybridized carbons (Fsp3) is 0.500. The van der Waals surface area contributed by atoms with Crippen LogP contribution in [0.25, 0.3) is 11.5 Å². The average Bonchev–Trinajstić information content (AvgIpc) is 2.97. The summed E-state index contributed by atoms with van der Waals surface area (Å²) in [5.41, 5.74) is 9.56. The summed E-state index contributed by atoms with van der Waals surface area (Å²) in [5.74, 6) is 2.03. The summed E-state index contributed by atoms with van der Waals surface area (Å²) in [6.45, 7) is 8.34. The van der Waals surface area contributed by atoms with Gasteiger partial charge < -0.3 is 14.9 Å². The molecule has 0 saturated carbocycles. The zero-order valence-electron chi connectivity index (χ0n) is 16.0. The molecule has 2 N–H and O–H groups in total. The molecule has 1 aliphatic heterocycles. The monoisotopic (exact) mass is 357 g/mol. The first-order valence-electron chi connectivity index (χ1n) is 9.03. The molecule has 1 amide bonds. The van der Waals surface area contributed by atoms with Gasteiger partial charge in [-0.3, -0.25) is 9.69 Å². The molecule has 1 aliphatic rings. The molecule has 1 saturated heterocycles. The summed E-state index contributed by atoms with van der Waals surface area (Å²) >= 11 is 0. The summed E-state index contributed by atoms with van der Waals surface area (Å²) in [7, 11) is 1.67. The first-order chi connectivity index (χ1) is 12.4. The third-order valence-corrected chi connectivity index (χ3v) is 5.36. The normalized spacial score (nSPS) is 18.1. The Bertz CT molecular complexity index is 813. The Kier molecular flexibility index (Phi) is 5.32. The zero-order chi connectivity index (χ0) is 18.8. The minimum atomic E-state index is -0.211. The van der Waals surface area contributed by atoms with E-state index in [2.05, 4.69) is 11.8 Å². The molecule has 3 rings (SSSR count). The highest BCUT2D eigenvalue weighted by Crippen LogP contribution is 2.32. The van der Waals surface area contributed by atoms with Crippen molar-refractivity contribution in [2.75, 3.05) is 20.2 Å². The largest absolute Gasteiger partial charge is 0.496 e. The van der Waals surface area contributed by atoms with E-state index in [1.165, 1.54) is 0 Å². The minimum Gasteiger partial charge on any atom is -0.496 e. The van der Waals surface area contributed by atoms with E-state index >= 15 is 0 Å². The van der Waals surface area contributed by atoms with Crippen LogP contribution in [0.5, 0.6) is 5.75 Å². The minimum absolute atomic E-state index is 0.0677. The molecule has 140 valence electrons. The lowest BCUT2D eigenvalue weighted by Crippen LogP contribution is -2.40. The number of benzene rings is 1. The molecule has 26 heavy (non-hydrogen) atoms. The van der Waals surface area contributed by atoms with Gasteiger partial charge in [-0.05, 0) is 63.4 Å². The van der Waals surface area contributed by atoms with Crippen LogP contribution in [-0.4, -0.2) is 36.0 Å². The molecular weight excluding hydrogens is 330 g/mol. The lowest BCUT2D eigenvalue weighted by Gasteiger charge is -2.30. The third kappa shape index (κ3) is 3.60. The Hall–Kier alpha value is -2.34. The highest BCUT2D eigenvalue weighted by atomic mass is 16.5. The molecule has 6 heteroatoms. The Morgan fingerprint density at radius 1 is 1.35 bits per heavy atom. The van der Waals surface area contributed by atoms with Gasteiger partial charge >= 0.3 is 0 Å². The van der Waals surface area contributed by atoms with Crippen molar-refractivity contribution < 1.29 is 13.9 Å². The van der Waals surface area contributed by atoms with E-state index in [-0.39, 0.29) is 11.8 Å². The number of aryl methyl sites for hydroxylation is 1. The fourth-order valence-corrected chi connectivity index (χ4v) is 3.58. The van der Waals surface area contributed by atoms with E-state index in [0.29, 0.717) is 19.0 Å². The van der Waals surface area contributed by atoms with Crippen LogP contribution in [0.2, 0.25) is 0 Å². The van der Waals surface area contributed by atoms with Crippen molar-refractivity contribution in [3.63, 3.8) is 0 Å². The number of methoxy groups -OCH3 is 1. The number of rotatable bonds is 5. The summed E-state index contributed by atoms with van der Waals surface area (Å²) in [4.78, 5) is 18.5. The van der Waals surface area contributed by atoms with Crippen molar-refractivity contribution in [3.8, 4) is 17.2 Å². The van der Waals surface area contributed by atoms with Gasteiger partial charge in [-0.1, -0.05) is 0 Å². The number of primary amides is 1. The molecule has 1 aromatic carbocycles. The van der Waals surface area contributed by atoms with Crippen molar-refractivity contribution in [1.29, 1.82) is 0 Å². The van der Waals surface area contributed by atoms with Crippen molar-refractivity contribution in [2.45, 2.75) is 40.2 Å². The van der Waals surface area contributed by atoms with E-state index in [4.69, 9.17) is 19.9 Å². The molecule has 0 radical (unpaired) electrons. The van der Waals surface area contributed by atoms with Gasteiger partial charge in [0, 0.05) is 18.7 Å². The maximum atomic E-state index is 11.5. The summed E-state index contributed by atoms with van der Waals surface area (Å²) in [6.07, 6.45) is 1.85. The predicted octanol–water partition coefficient (Wildman–Crippen LogP) is 2.97. The Morgan fingerprint density at radius 2 is 2.12 bits per heavy atom. The van der Waals surface area contributed by atoms with Crippen LogP contribution in [0.15, 0.2) is 16.5 Å². The number of carbonyl (C=O) groups is 1. The lowest BCUT2D eigenvalue weighted by atomic mass is 9.97. The van der Waals surface area contributed by atoms with Crippen molar-refractivity contribution >= 4 is 5.91 Å². The van der Waals surface area contributed by atoms with Gasteiger partial charge in [0.15, 0.2) is 0 Å². The van der Waals surface area contributed by atoms with Gasteiger partial charge in [-0.15, -0.1) is 0 Å². The smallest absolute Gasteiger partial charge is 0.226 e. The van der Waals surface area contributed by atoms with E-state index in [0.717, 1.165) is 53.3 Å². The fourth-order valence-electron chi connectivity index (χ4n) is 3.58. The van der Waals surface area contributed by atoms with Crippen LogP contribution in [0.4, 0.5) is 0 Å². The predicted molar refractivity (Wildman–Crippen MR) is 99.9 cm³/mol. The van der Waals surface area contributed by atoms with Gasteiger partial charge in [0.1, 0.15) is 11.5 Å². The number of hydrogen-bond acceptors (Lipinski definition) is 5. The number of carbonyl (C=O) groups excluding carboxylic acids is 1. The lowest BCUT2D eigenvalue weighted by molar-refractivity contribution is -0.123. The number of nitrogens with two attached hydrogens (primary N) is 1. The van der Waals surface area contributed by atoms with Crippen molar-refractivity contribution in [3.05, 3.63) is 34.7 Å². The molecule has 2 aromatic rings. The molecule has 2 heterocycles. The standard InChI is InChI=1S/C20H27N3O3/c1-12-13(2)18(25-4)8-7-16(12)20-22-17(14(3)26-20)11-23-9-5-6-15(10-23)19(21)24/h7-8,15H,5-6,9-11H2,1-4H3,(H2,21,24)/t15-/m0/s1. The van der Waals surface area contributed by atoms with Gasteiger partial charge in [-0.25, -0.2) is 4.98 Å². The first kappa shape index (κ1) is 18.5. The molecule has 0 spiro atoms. The number of amides is 1. The van der Waals surface area contributed by atoms with Gasteiger partial charge in [0.25, 0.3) is 0 Å². The Balaban J connectivity index is 1.82. The van der Waals surface area contributed by atoms with Crippen molar-refractivity contribution in [2.24, 2.45) is 11.7 Å². The number of aromatic nitrogens is 1. The molecule has 0 bridgehead atoms. The second-order valence-electron chi connectivity index (χ2n) is 7.06. The Morgan fingerprint density at radius 3 is 2.81 bits per heavy atom. The molecule has 6 nitrogen and oxygen atoms in total. The Labute approximate surface area is 154 Å². The quantitative estimate of drug-likeness (QED) is 0.890. The SMILES string of the molecule is COc1ccc(-c2nc(CN3CCC[C@H](C(N)=O)C3)c(C)o2)c(C)c1C. The van der Waals surface area contributed by atoms with Crippen LogP contribution >= 0.6 is 0 Å². The zero-order valence-corrected chi connectivity index (χ0v) is 16.0. The number of likely N-dealkylation sites (tertiary alicyclic amines) is 1. The van der Waals surface area contributed by atoms with Crippen LogP contribution < -0.4 is 10.5 Å². The van der Waals surface area contributed by atoms with Gasteiger partial charge in [-0.2, -0.15) is 0 Å². The molecule has 0 aliphatic carbocycles. The van der Waals surface area contributed by atoms with Crippen LogP contribution in [0.3, 0.4) is 0 Å². The number of piperidine rings is 1. The molecule has 1 aromatic heterocycles. The van der Waals surface area contributed by atoms with Crippen LogP contribution in [-0.2, 0) is 11.3 Å². The van der Waals surface area contributed by atoms with Gasteiger partial charge in [0.2, 0.25) is 11.8 Å². The molecule has 1 fully saturated rings. The van der Waals surface area contributed by atoms with E-state index in [9.17, 15) is 4.79 Å². The maximum absolute atomic E-state index is 11.5. The van der Waals surface area contributed by atoms with E-state index < -0.39 is 0 Å². The molecule has 0 unspecified atom stereocenters. The topological polar surface area (TPSA) is 81.6 Å². The summed E-state index contributed by atoms with van der Waals surface area (Å²) < 4.78 is 11.3. The summed E-state index contributed by atoms with van der Waals surface area (Å²) in [6, 6.07) is 3.93. The average molecular weight is 357 g/mol. The van der Waals surface area contributed by atoms with E-state index in [1.807, 2.05) is 26.0 Å². The molecule has 1 atom stereocenters. The third-order valence-electron chi connectivity index (χ3n) is 5.36. The van der Waals surface area contributed by atoms with Crippen molar-refractivity contribution in [1.82, 2.24) is 9.88 Å². The van der Waals surface area contributed by atoms with Crippen LogP contribution in [0.1, 0.15) is 35.4 Å². The van der Waals surface area contributed by atoms with Crippen LogP contribution in [0, 0.1) is 26.7 Å². The maximum Gasteiger partial charge on any atom is 0.226 e. The highest BCUT2D eigenvalue weighted by molar-refractivity contribution is 5.76. The summed E-state index contributed by atoms with van der Waals surface area (Å²) in [5, 5.41) is 0. The first-order valence-corrected chi connectivity index (χ1v) is 9.03. The second-order valence-corrected chi connectivity index (χ2v) is 7.06. The number of hydrogen-bond donors (Lipinski definition) is 1.